The number of furan rings is 1. The lowest BCUT2D eigenvalue weighted by Gasteiger charge is -2.11. The van der Waals surface area contributed by atoms with Crippen LogP contribution in [0.1, 0.15) is 19.6 Å². The van der Waals surface area contributed by atoms with Crippen LogP contribution in [0.3, 0.4) is 0 Å². The van der Waals surface area contributed by atoms with E-state index in [0.717, 1.165) is 15.7 Å². The highest BCUT2D eigenvalue weighted by Crippen LogP contribution is 2.32. The van der Waals surface area contributed by atoms with Crippen molar-refractivity contribution in [1.82, 2.24) is 4.98 Å². The summed E-state index contributed by atoms with van der Waals surface area (Å²) in [6.45, 7) is 5.81. The van der Waals surface area contributed by atoms with Crippen molar-refractivity contribution in [3.63, 3.8) is 0 Å². The molecule has 0 saturated carbocycles. The molecule has 0 bridgehead atoms. The van der Waals surface area contributed by atoms with Crippen molar-refractivity contribution in [1.29, 1.82) is 0 Å². The Hall–Kier alpha value is -1.62. The quantitative estimate of drug-likeness (QED) is 0.915. The molecule has 5 heteroatoms. The van der Waals surface area contributed by atoms with E-state index < -0.39 is 0 Å². The molecule has 0 saturated heterocycles. The number of aromatic nitrogens is 1. The van der Waals surface area contributed by atoms with E-state index >= 15 is 0 Å². The molecule has 2 aromatic rings. The van der Waals surface area contributed by atoms with Crippen LogP contribution < -0.4 is 10.5 Å². The average molecular weight is 264 g/mol. The molecule has 18 heavy (non-hydrogen) atoms. The highest BCUT2D eigenvalue weighted by molar-refractivity contribution is 7.99. The van der Waals surface area contributed by atoms with E-state index in [1.54, 1.807) is 6.26 Å². The molecular formula is C13H16N2O2S. The van der Waals surface area contributed by atoms with Gasteiger partial charge in [-0.1, -0.05) is 11.8 Å². The van der Waals surface area contributed by atoms with Gasteiger partial charge in [0.2, 0.25) is 5.88 Å². The molecule has 2 N–H and O–H groups in total. The number of hydrogen-bond acceptors (Lipinski definition) is 5. The number of aryl methyl sites for hydroxylation is 1. The molecule has 2 heterocycles. The zero-order chi connectivity index (χ0) is 13.1. The molecule has 0 atom stereocenters. The zero-order valence-corrected chi connectivity index (χ0v) is 11.5. The van der Waals surface area contributed by atoms with E-state index in [-0.39, 0.29) is 6.10 Å². The predicted octanol–water partition coefficient (Wildman–Crippen LogP) is 3.50. The van der Waals surface area contributed by atoms with E-state index in [4.69, 9.17) is 14.9 Å². The number of ether oxygens (including phenoxy) is 1. The largest absolute Gasteiger partial charge is 0.473 e. The smallest absolute Gasteiger partial charge is 0.238 e. The first-order valence-corrected chi connectivity index (χ1v) is 6.53. The minimum absolute atomic E-state index is 0.0516. The SMILES string of the molecule is Cc1occc1Sc1ccc(N)c(OC(C)C)n1. The summed E-state index contributed by atoms with van der Waals surface area (Å²) in [4.78, 5) is 5.45. The number of rotatable bonds is 4. The molecule has 0 radical (unpaired) electrons. The molecule has 0 unspecified atom stereocenters. The fraction of sp³-hybridized carbons (Fsp3) is 0.308. The second-order valence-corrected chi connectivity index (χ2v) is 5.22. The summed E-state index contributed by atoms with van der Waals surface area (Å²) in [6.07, 6.45) is 1.72. The maximum absolute atomic E-state index is 5.83. The molecule has 2 rings (SSSR count). The third kappa shape index (κ3) is 2.98. The highest BCUT2D eigenvalue weighted by atomic mass is 32.2. The Morgan fingerprint density at radius 3 is 2.72 bits per heavy atom. The van der Waals surface area contributed by atoms with Crippen LogP contribution in [-0.4, -0.2) is 11.1 Å². The maximum Gasteiger partial charge on any atom is 0.238 e. The lowest BCUT2D eigenvalue weighted by molar-refractivity contribution is 0.232. The molecule has 0 aliphatic rings. The van der Waals surface area contributed by atoms with Crippen LogP contribution in [0.25, 0.3) is 0 Å². The van der Waals surface area contributed by atoms with Crippen LogP contribution in [0.2, 0.25) is 0 Å². The first kappa shape index (κ1) is 12.8. The van der Waals surface area contributed by atoms with Gasteiger partial charge in [0.05, 0.1) is 22.9 Å². The first-order valence-electron chi connectivity index (χ1n) is 5.71. The topological polar surface area (TPSA) is 61.3 Å². The van der Waals surface area contributed by atoms with Crippen LogP contribution >= 0.6 is 11.8 Å². The predicted molar refractivity (Wildman–Crippen MR) is 72.0 cm³/mol. The molecule has 0 fully saturated rings. The van der Waals surface area contributed by atoms with E-state index in [2.05, 4.69) is 4.98 Å². The minimum Gasteiger partial charge on any atom is -0.473 e. The van der Waals surface area contributed by atoms with Crippen LogP contribution in [0.5, 0.6) is 5.88 Å². The molecule has 4 nitrogen and oxygen atoms in total. The molecule has 0 spiro atoms. The molecule has 96 valence electrons. The summed E-state index contributed by atoms with van der Waals surface area (Å²) in [6, 6.07) is 5.60. The second kappa shape index (κ2) is 5.35. The average Bonchev–Trinajstić information content (AvgIpc) is 2.69. The van der Waals surface area contributed by atoms with Gasteiger partial charge in [-0.2, -0.15) is 0 Å². The first-order chi connectivity index (χ1) is 8.56. The normalized spacial score (nSPS) is 10.9. The van der Waals surface area contributed by atoms with Gasteiger partial charge in [-0.05, 0) is 39.0 Å². The van der Waals surface area contributed by atoms with Gasteiger partial charge in [-0.25, -0.2) is 4.98 Å². The Labute approximate surface area is 111 Å². The summed E-state index contributed by atoms with van der Waals surface area (Å²) >= 11 is 1.53. The van der Waals surface area contributed by atoms with Crippen molar-refractivity contribution in [3.8, 4) is 5.88 Å². The van der Waals surface area contributed by atoms with Crippen molar-refractivity contribution >= 4 is 17.4 Å². The Kier molecular flexibility index (Phi) is 3.81. The van der Waals surface area contributed by atoms with E-state index in [1.807, 2.05) is 39.0 Å². The number of pyridine rings is 1. The molecule has 0 amide bonds. The molecule has 0 aliphatic heterocycles. The standard InChI is InChI=1S/C13H16N2O2S/c1-8(2)17-13-10(14)4-5-12(15-13)18-11-6-7-16-9(11)3/h4-8H,14H2,1-3H3. The van der Waals surface area contributed by atoms with Crippen molar-refractivity contribution in [2.24, 2.45) is 0 Å². The number of nitrogens with two attached hydrogens (primary N) is 1. The molecule has 2 aromatic heterocycles. The van der Waals surface area contributed by atoms with Crippen molar-refractivity contribution in [2.75, 3.05) is 5.73 Å². The van der Waals surface area contributed by atoms with Gasteiger partial charge >= 0.3 is 0 Å². The monoisotopic (exact) mass is 264 g/mol. The summed E-state index contributed by atoms with van der Waals surface area (Å²) in [7, 11) is 0. The highest BCUT2D eigenvalue weighted by Gasteiger charge is 2.09. The summed E-state index contributed by atoms with van der Waals surface area (Å²) in [5.41, 5.74) is 6.38. The molecule has 0 aliphatic carbocycles. The second-order valence-electron chi connectivity index (χ2n) is 4.15. The van der Waals surface area contributed by atoms with Gasteiger partial charge in [-0.3, -0.25) is 0 Å². The van der Waals surface area contributed by atoms with Gasteiger partial charge in [0.1, 0.15) is 10.8 Å². The Morgan fingerprint density at radius 1 is 1.33 bits per heavy atom. The van der Waals surface area contributed by atoms with Gasteiger partial charge in [-0.15, -0.1) is 0 Å². The van der Waals surface area contributed by atoms with Crippen molar-refractivity contribution in [3.05, 3.63) is 30.2 Å². The Morgan fingerprint density at radius 2 is 2.11 bits per heavy atom. The summed E-state index contributed by atoms with van der Waals surface area (Å²) < 4.78 is 10.8. The van der Waals surface area contributed by atoms with Crippen molar-refractivity contribution in [2.45, 2.75) is 36.8 Å². The van der Waals surface area contributed by atoms with Crippen LogP contribution in [-0.2, 0) is 0 Å². The number of anilines is 1. The fourth-order valence-electron chi connectivity index (χ4n) is 1.40. The lowest BCUT2D eigenvalue weighted by atomic mass is 10.4. The number of nitrogen functional groups attached to an aromatic ring is 1. The third-order valence-electron chi connectivity index (χ3n) is 2.24. The van der Waals surface area contributed by atoms with Crippen LogP contribution in [0.4, 0.5) is 5.69 Å². The van der Waals surface area contributed by atoms with E-state index in [1.165, 1.54) is 11.8 Å². The Bertz CT molecular complexity index is 538. The lowest BCUT2D eigenvalue weighted by Crippen LogP contribution is -2.09. The van der Waals surface area contributed by atoms with E-state index in [9.17, 15) is 0 Å². The molecule has 0 aromatic carbocycles. The third-order valence-corrected chi connectivity index (χ3v) is 3.32. The summed E-state index contributed by atoms with van der Waals surface area (Å²) in [5, 5.41) is 0.837. The number of nitrogens with zero attached hydrogens (tertiary/aromatic N) is 1. The van der Waals surface area contributed by atoms with Crippen LogP contribution in [0, 0.1) is 6.92 Å². The van der Waals surface area contributed by atoms with E-state index in [0.29, 0.717) is 11.6 Å². The fourth-order valence-corrected chi connectivity index (χ4v) is 2.21. The molecular weight excluding hydrogens is 248 g/mol. The zero-order valence-electron chi connectivity index (χ0n) is 10.6. The van der Waals surface area contributed by atoms with Crippen molar-refractivity contribution < 1.29 is 9.15 Å². The maximum atomic E-state index is 5.83. The summed E-state index contributed by atoms with van der Waals surface area (Å²) in [5.74, 6) is 1.36. The van der Waals surface area contributed by atoms with Gasteiger partial charge < -0.3 is 14.9 Å². The van der Waals surface area contributed by atoms with Gasteiger partial charge in [0.25, 0.3) is 0 Å². The van der Waals surface area contributed by atoms with Gasteiger partial charge in [0, 0.05) is 0 Å². The Balaban J connectivity index is 2.22. The number of hydrogen-bond donors (Lipinski definition) is 1. The van der Waals surface area contributed by atoms with Gasteiger partial charge in [0.15, 0.2) is 0 Å². The van der Waals surface area contributed by atoms with Crippen LogP contribution in [0.15, 0.2) is 38.8 Å². The minimum atomic E-state index is 0.0516.